The van der Waals surface area contributed by atoms with Crippen LogP contribution in [0.5, 0.6) is 0 Å². The van der Waals surface area contributed by atoms with E-state index in [2.05, 4.69) is 9.97 Å². The van der Waals surface area contributed by atoms with Crippen LogP contribution >= 0.6 is 11.8 Å². The number of likely N-dealkylation sites (tertiary alicyclic amines) is 1. The number of benzene rings is 1. The Balaban J connectivity index is 1.53. The Morgan fingerprint density at radius 1 is 1.19 bits per heavy atom. The van der Waals surface area contributed by atoms with Gasteiger partial charge in [-0.25, -0.2) is 9.78 Å². The minimum absolute atomic E-state index is 0.0205. The van der Waals surface area contributed by atoms with Crippen LogP contribution in [0.2, 0.25) is 0 Å². The first kappa shape index (κ1) is 16.9. The summed E-state index contributed by atoms with van der Waals surface area (Å²) in [6.07, 6.45) is 5.16. The molecule has 1 aliphatic heterocycles. The number of fused-ring (bicyclic) bond motifs is 1. The second-order valence-corrected chi connectivity index (χ2v) is 7.20. The van der Waals surface area contributed by atoms with Gasteiger partial charge in [0.2, 0.25) is 0 Å². The molecular formula is C19H20N4O2S. The van der Waals surface area contributed by atoms with Crippen molar-refractivity contribution in [3.05, 3.63) is 58.6 Å². The SMILES string of the molecule is CSc1ncccc1C(=O)N1CCC(n2c(=O)[nH]c3ccccc32)CC1. The van der Waals surface area contributed by atoms with Crippen molar-refractivity contribution in [3.8, 4) is 0 Å². The van der Waals surface area contributed by atoms with Gasteiger partial charge in [0.15, 0.2) is 0 Å². The Labute approximate surface area is 155 Å². The van der Waals surface area contributed by atoms with Gasteiger partial charge in [-0.05, 0) is 43.4 Å². The number of piperidine rings is 1. The van der Waals surface area contributed by atoms with E-state index >= 15 is 0 Å². The van der Waals surface area contributed by atoms with E-state index in [1.165, 1.54) is 11.8 Å². The average molecular weight is 368 g/mol. The van der Waals surface area contributed by atoms with Gasteiger partial charge in [-0.3, -0.25) is 9.36 Å². The average Bonchev–Trinajstić information content (AvgIpc) is 3.03. The van der Waals surface area contributed by atoms with Gasteiger partial charge < -0.3 is 9.88 Å². The first-order valence-electron chi connectivity index (χ1n) is 8.66. The molecule has 0 aliphatic carbocycles. The monoisotopic (exact) mass is 368 g/mol. The number of amides is 1. The summed E-state index contributed by atoms with van der Waals surface area (Å²) in [7, 11) is 0. The number of nitrogens with zero attached hydrogens (tertiary/aromatic N) is 3. The number of aromatic amines is 1. The molecule has 2 aromatic heterocycles. The van der Waals surface area contributed by atoms with Crippen molar-refractivity contribution in [2.45, 2.75) is 23.9 Å². The summed E-state index contributed by atoms with van der Waals surface area (Å²) >= 11 is 1.48. The molecule has 0 radical (unpaired) electrons. The highest BCUT2D eigenvalue weighted by Gasteiger charge is 2.27. The molecule has 1 amide bonds. The molecule has 0 saturated carbocycles. The van der Waals surface area contributed by atoms with Crippen LogP contribution in [0.1, 0.15) is 29.2 Å². The third-order valence-corrected chi connectivity index (χ3v) is 5.65. The summed E-state index contributed by atoms with van der Waals surface area (Å²) in [6, 6.07) is 11.5. The van der Waals surface area contributed by atoms with E-state index in [-0.39, 0.29) is 17.6 Å². The summed E-state index contributed by atoms with van der Waals surface area (Å²) in [4.78, 5) is 34.3. The van der Waals surface area contributed by atoms with Crippen molar-refractivity contribution in [3.63, 3.8) is 0 Å². The molecule has 0 bridgehead atoms. The second-order valence-electron chi connectivity index (χ2n) is 6.40. The van der Waals surface area contributed by atoms with Crippen molar-refractivity contribution in [1.82, 2.24) is 19.4 Å². The van der Waals surface area contributed by atoms with Crippen LogP contribution in [0.25, 0.3) is 11.0 Å². The Bertz CT molecular complexity index is 1000. The number of thioether (sulfide) groups is 1. The van der Waals surface area contributed by atoms with E-state index in [0.29, 0.717) is 18.7 Å². The molecule has 0 unspecified atom stereocenters. The summed E-state index contributed by atoms with van der Waals surface area (Å²) in [5.74, 6) is 0.0205. The highest BCUT2D eigenvalue weighted by Crippen LogP contribution is 2.27. The Kier molecular flexibility index (Phi) is 4.55. The van der Waals surface area contributed by atoms with Gasteiger partial charge in [-0.15, -0.1) is 11.8 Å². The molecule has 3 heterocycles. The van der Waals surface area contributed by atoms with Gasteiger partial charge in [-0.2, -0.15) is 0 Å². The van der Waals surface area contributed by atoms with Crippen LogP contribution in [0.4, 0.5) is 0 Å². The fraction of sp³-hybridized carbons (Fsp3) is 0.316. The van der Waals surface area contributed by atoms with Gasteiger partial charge >= 0.3 is 5.69 Å². The van der Waals surface area contributed by atoms with Gasteiger partial charge in [0.25, 0.3) is 5.91 Å². The number of pyridine rings is 1. The molecule has 26 heavy (non-hydrogen) atoms. The highest BCUT2D eigenvalue weighted by atomic mass is 32.2. The molecule has 3 aromatic rings. The van der Waals surface area contributed by atoms with E-state index in [0.717, 1.165) is 28.9 Å². The standard InChI is InChI=1S/C19H20N4O2S/c1-26-17-14(5-4-10-20-17)18(24)22-11-8-13(9-12-22)23-16-7-3-2-6-15(16)21-19(23)25/h2-7,10,13H,8-9,11-12H2,1H3,(H,21,25). The normalized spacial score (nSPS) is 15.5. The van der Waals surface area contributed by atoms with E-state index in [1.807, 2.05) is 46.1 Å². The van der Waals surface area contributed by atoms with E-state index in [9.17, 15) is 9.59 Å². The number of para-hydroxylation sites is 2. The van der Waals surface area contributed by atoms with Crippen LogP contribution in [0.15, 0.2) is 52.4 Å². The zero-order valence-electron chi connectivity index (χ0n) is 14.5. The zero-order chi connectivity index (χ0) is 18.1. The van der Waals surface area contributed by atoms with E-state index in [4.69, 9.17) is 0 Å². The van der Waals surface area contributed by atoms with Crippen LogP contribution in [-0.2, 0) is 0 Å². The first-order valence-corrected chi connectivity index (χ1v) is 9.89. The van der Waals surface area contributed by atoms with Crippen LogP contribution in [0, 0.1) is 0 Å². The van der Waals surface area contributed by atoms with Crippen molar-refractivity contribution in [2.24, 2.45) is 0 Å². The molecule has 134 valence electrons. The smallest absolute Gasteiger partial charge is 0.326 e. The lowest BCUT2D eigenvalue weighted by atomic mass is 10.0. The lowest BCUT2D eigenvalue weighted by Gasteiger charge is -2.32. The summed E-state index contributed by atoms with van der Waals surface area (Å²) in [5.41, 5.74) is 2.37. The Morgan fingerprint density at radius 2 is 1.96 bits per heavy atom. The van der Waals surface area contributed by atoms with Gasteiger partial charge in [0.1, 0.15) is 5.03 Å². The number of aromatic nitrogens is 3. The van der Waals surface area contributed by atoms with Gasteiger partial charge in [-0.1, -0.05) is 12.1 Å². The van der Waals surface area contributed by atoms with Crippen molar-refractivity contribution in [2.75, 3.05) is 19.3 Å². The molecule has 1 aromatic carbocycles. The molecule has 0 spiro atoms. The predicted octanol–water partition coefficient (Wildman–Crippen LogP) is 2.92. The quantitative estimate of drug-likeness (QED) is 0.722. The number of nitrogens with one attached hydrogen (secondary N) is 1. The largest absolute Gasteiger partial charge is 0.338 e. The molecular weight excluding hydrogens is 348 g/mol. The van der Waals surface area contributed by atoms with E-state index < -0.39 is 0 Å². The third-order valence-electron chi connectivity index (χ3n) is 4.94. The number of carbonyl (C=O) groups is 1. The molecule has 1 N–H and O–H groups in total. The van der Waals surface area contributed by atoms with Crippen LogP contribution < -0.4 is 5.69 Å². The zero-order valence-corrected chi connectivity index (χ0v) is 15.3. The number of rotatable bonds is 3. The Hall–Kier alpha value is -2.54. The molecule has 1 aliphatic rings. The molecule has 1 fully saturated rings. The number of carbonyl (C=O) groups excluding carboxylic acids is 1. The van der Waals surface area contributed by atoms with Crippen molar-refractivity contribution < 1.29 is 4.79 Å². The van der Waals surface area contributed by atoms with Gasteiger partial charge in [0, 0.05) is 25.3 Å². The maximum Gasteiger partial charge on any atom is 0.326 e. The predicted molar refractivity (Wildman–Crippen MR) is 103 cm³/mol. The minimum Gasteiger partial charge on any atom is -0.338 e. The topological polar surface area (TPSA) is 71.0 Å². The first-order chi connectivity index (χ1) is 12.7. The highest BCUT2D eigenvalue weighted by molar-refractivity contribution is 7.98. The summed E-state index contributed by atoms with van der Waals surface area (Å²) in [5, 5.41) is 0.757. The number of hydrogen-bond acceptors (Lipinski definition) is 4. The molecule has 1 saturated heterocycles. The van der Waals surface area contributed by atoms with Crippen molar-refractivity contribution in [1.29, 1.82) is 0 Å². The van der Waals surface area contributed by atoms with Gasteiger partial charge in [0.05, 0.1) is 16.6 Å². The summed E-state index contributed by atoms with van der Waals surface area (Å²) in [6.45, 7) is 1.27. The molecule has 6 nitrogen and oxygen atoms in total. The fourth-order valence-electron chi connectivity index (χ4n) is 3.65. The molecule has 0 atom stereocenters. The summed E-state index contributed by atoms with van der Waals surface area (Å²) < 4.78 is 1.84. The number of hydrogen-bond donors (Lipinski definition) is 1. The number of H-pyrrole nitrogens is 1. The molecule has 4 rings (SSSR count). The van der Waals surface area contributed by atoms with Crippen LogP contribution in [0.3, 0.4) is 0 Å². The maximum absolute atomic E-state index is 12.8. The maximum atomic E-state index is 12.8. The second kappa shape index (κ2) is 6.99. The lowest BCUT2D eigenvalue weighted by Crippen LogP contribution is -2.40. The molecule has 7 heteroatoms. The van der Waals surface area contributed by atoms with E-state index in [1.54, 1.807) is 12.3 Å². The third kappa shape index (κ3) is 2.92. The van der Waals surface area contributed by atoms with Crippen molar-refractivity contribution >= 4 is 28.7 Å². The fourth-order valence-corrected chi connectivity index (χ4v) is 4.19. The minimum atomic E-state index is -0.0760. The lowest BCUT2D eigenvalue weighted by molar-refractivity contribution is 0.0690. The Morgan fingerprint density at radius 3 is 2.73 bits per heavy atom. The van der Waals surface area contributed by atoms with Crippen LogP contribution in [-0.4, -0.2) is 44.7 Å². The number of imidazole rings is 1.